The smallest absolute Gasteiger partial charge is 0.270 e. The van der Waals surface area contributed by atoms with E-state index in [9.17, 15) is 4.79 Å². The Morgan fingerprint density at radius 2 is 1.86 bits per heavy atom. The molecule has 3 rings (SSSR count). The average molecular weight is 392 g/mol. The molecule has 0 saturated heterocycles. The van der Waals surface area contributed by atoms with Gasteiger partial charge in [-0.15, -0.1) is 0 Å². The summed E-state index contributed by atoms with van der Waals surface area (Å²) in [4.78, 5) is 16.8. The number of nitriles is 1. The van der Waals surface area contributed by atoms with Crippen molar-refractivity contribution in [1.29, 1.82) is 5.26 Å². The van der Waals surface area contributed by atoms with Crippen molar-refractivity contribution in [2.45, 2.75) is 71.4 Å². The van der Waals surface area contributed by atoms with Gasteiger partial charge in [-0.05, 0) is 80.3 Å². The van der Waals surface area contributed by atoms with E-state index in [4.69, 9.17) is 10.00 Å². The first kappa shape index (κ1) is 20.9. The zero-order valence-corrected chi connectivity index (χ0v) is 17.7. The number of carbonyl (C=O) groups is 1. The molecule has 1 saturated carbocycles. The molecule has 152 valence electrons. The zero-order valence-electron chi connectivity index (χ0n) is 17.7. The highest BCUT2D eigenvalue weighted by Gasteiger charge is 2.25. The van der Waals surface area contributed by atoms with Crippen molar-refractivity contribution in [3.05, 3.63) is 58.4 Å². The van der Waals surface area contributed by atoms with Crippen LogP contribution in [-0.4, -0.2) is 23.0 Å². The molecule has 0 aliphatic heterocycles. The van der Waals surface area contributed by atoms with Gasteiger partial charge in [0.1, 0.15) is 11.4 Å². The van der Waals surface area contributed by atoms with Crippen molar-refractivity contribution >= 4 is 5.91 Å². The topological polar surface area (TPSA) is 75.0 Å². The molecule has 1 aliphatic carbocycles. The second-order valence-corrected chi connectivity index (χ2v) is 8.17. The van der Waals surface area contributed by atoms with E-state index in [1.807, 2.05) is 32.0 Å². The summed E-state index contributed by atoms with van der Waals surface area (Å²) < 4.78 is 6.21. The van der Waals surface area contributed by atoms with E-state index in [-0.39, 0.29) is 18.1 Å². The molecule has 0 spiro atoms. The molecule has 5 heteroatoms. The largest absolute Gasteiger partial charge is 0.490 e. The van der Waals surface area contributed by atoms with Gasteiger partial charge in [-0.25, -0.2) is 0 Å². The minimum Gasteiger partial charge on any atom is -0.490 e. The number of benzene rings is 1. The maximum absolute atomic E-state index is 12.5. The maximum atomic E-state index is 12.5. The number of hydrogen-bond donors (Lipinski definition) is 1. The number of nitrogens with one attached hydrogen (secondary N) is 1. The number of rotatable bonds is 5. The summed E-state index contributed by atoms with van der Waals surface area (Å²) in [5.41, 5.74) is 4.29. The fraction of sp³-hybridized carbons (Fsp3) is 0.458. The van der Waals surface area contributed by atoms with Crippen LogP contribution in [0.3, 0.4) is 0 Å². The summed E-state index contributed by atoms with van der Waals surface area (Å²) in [6.07, 6.45) is 5.47. The summed E-state index contributed by atoms with van der Waals surface area (Å²) in [5, 5.41) is 12.3. The van der Waals surface area contributed by atoms with Crippen LogP contribution in [0.1, 0.15) is 78.2 Å². The molecule has 1 amide bonds. The molecule has 1 aliphatic rings. The number of pyridine rings is 1. The van der Waals surface area contributed by atoms with Gasteiger partial charge in [-0.1, -0.05) is 19.9 Å². The molecule has 0 radical (unpaired) electrons. The van der Waals surface area contributed by atoms with Crippen LogP contribution in [0.25, 0.3) is 0 Å². The molecular weight excluding hydrogens is 362 g/mol. The number of nitrogens with zero attached hydrogens (tertiary/aromatic N) is 2. The van der Waals surface area contributed by atoms with Crippen LogP contribution >= 0.6 is 0 Å². The van der Waals surface area contributed by atoms with Gasteiger partial charge in [-0.2, -0.15) is 5.26 Å². The summed E-state index contributed by atoms with van der Waals surface area (Å²) in [6.45, 7) is 8.17. The minimum atomic E-state index is -0.108. The Labute approximate surface area is 173 Å². The van der Waals surface area contributed by atoms with Gasteiger partial charge >= 0.3 is 0 Å². The van der Waals surface area contributed by atoms with Crippen LogP contribution in [-0.2, 0) is 0 Å². The van der Waals surface area contributed by atoms with E-state index >= 15 is 0 Å². The second kappa shape index (κ2) is 9.09. The summed E-state index contributed by atoms with van der Waals surface area (Å²) in [6, 6.07) is 9.85. The molecule has 1 aromatic carbocycles. The van der Waals surface area contributed by atoms with Gasteiger partial charge in [-0.3, -0.25) is 9.78 Å². The van der Waals surface area contributed by atoms with Crippen LogP contribution in [0.5, 0.6) is 5.75 Å². The molecule has 2 aromatic rings. The fourth-order valence-corrected chi connectivity index (χ4v) is 3.69. The van der Waals surface area contributed by atoms with Gasteiger partial charge in [0, 0.05) is 12.2 Å². The second-order valence-electron chi connectivity index (χ2n) is 8.17. The highest BCUT2D eigenvalue weighted by molar-refractivity contribution is 5.92. The molecule has 1 fully saturated rings. The number of aromatic nitrogens is 1. The normalized spacial score (nSPS) is 18.9. The Morgan fingerprint density at radius 1 is 1.14 bits per heavy atom. The van der Waals surface area contributed by atoms with E-state index in [1.54, 1.807) is 12.3 Å². The quantitative estimate of drug-likeness (QED) is 0.793. The van der Waals surface area contributed by atoms with Crippen molar-refractivity contribution < 1.29 is 9.53 Å². The van der Waals surface area contributed by atoms with Crippen molar-refractivity contribution in [1.82, 2.24) is 10.3 Å². The van der Waals surface area contributed by atoms with E-state index in [0.717, 1.165) is 48.1 Å². The minimum absolute atomic E-state index is 0.108. The lowest BCUT2D eigenvalue weighted by Gasteiger charge is -2.30. The molecule has 0 bridgehead atoms. The van der Waals surface area contributed by atoms with E-state index < -0.39 is 0 Å². The van der Waals surface area contributed by atoms with Crippen LogP contribution in [0.15, 0.2) is 30.5 Å². The van der Waals surface area contributed by atoms with Crippen LogP contribution < -0.4 is 10.1 Å². The number of hydrogen-bond acceptors (Lipinski definition) is 4. The van der Waals surface area contributed by atoms with E-state index in [2.05, 4.69) is 30.2 Å². The third kappa shape index (κ3) is 4.95. The number of ether oxygens (including phenoxy) is 1. The predicted molar refractivity (Wildman–Crippen MR) is 113 cm³/mol. The monoisotopic (exact) mass is 391 g/mol. The van der Waals surface area contributed by atoms with Crippen LogP contribution in [0.2, 0.25) is 0 Å². The third-order valence-electron chi connectivity index (χ3n) is 5.85. The van der Waals surface area contributed by atoms with Crippen molar-refractivity contribution in [2.24, 2.45) is 0 Å². The fourth-order valence-electron chi connectivity index (χ4n) is 3.69. The summed E-state index contributed by atoms with van der Waals surface area (Å²) >= 11 is 0. The summed E-state index contributed by atoms with van der Waals surface area (Å²) in [7, 11) is 0. The van der Waals surface area contributed by atoms with Crippen molar-refractivity contribution in [3.63, 3.8) is 0 Å². The average Bonchev–Trinajstić information content (AvgIpc) is 2.73. The first-order valence-electron chi connectivity index (χ1n) is 10.3. The first-order chi connectivity index (χ1) is 13.9. The Kier molecular flexibility index (Phi) is 6.53. The molecule has 1 heterocycles. The standard InChI is InChI=1S/C24H29N3O2/c1-15(2)19-5-11-22(26-14-19)24(28)27-20-7-9-21(10-8-20)29-23-12-6-18(13-25)16(3)17(23)4/h5-6,11-12,14-15,20-21H,7-10H2,1-4H3,(H,27,28). The van der Waals surface area contributed by atoms with Crippen molar-refractivity contribution in [2.75, 3.05) is 0 Å². The number of carbonyl (C=O) groups excluding carboxylic acids is 1. The lowest BCUT2D eigenvalue weighted by Crippen LogP contribution is -2.40. The molecule has 29 heavy (non-hydrogen) atoms. The number of amides is 1. The van der Waals surface area contributed by atoms with Gasteiger partial charge in [0.15, 0.2) is 0 Å². The lowest BCUT2D eigenvalue weighted by atomic mass is 9.92. The maximum Gasteiger partial charge on any atom is 0.270 e. The summed E-state index contributed by atoms with van der Waals surface area (Å²) in [5.74, 6) is 1.14. The Hall–Kier alpha value is -2.87. The van der Waals surface area contributed by atoms with Crippen LogP contribution in [0.4, 0.5) is 0 Å². The van der Waals surface area contributed by atoms with E-state index in [1.165, 1.54) is 0 Å². The van der Waals surface area contributed by atoms with Gasteiger partial charge in [0.25, 0.3) is 5.91 Å². The zero-order chi connectivity index (χ0) is 21.0. The van der Waals surface area contributed by atoms with Gasteiger partial charge in [0.2, 0.25) is 0 Å². The Balaban J connectivity index is 1.52. The predicted octanol–water partition coefficient (Wildman–Crippen LogP) is 4.81. The van der Waals surface area contributed by atoms with Crippen LogP contribution in [0, 0.1) is 25.2 Å². The lowest BCUT2D eigenvalue weighted by molar-refractivity contribution is 0.0888. The van der Waals surface area contributed by atoms with Gasteiger partial charge in [0.05, 0.1) is 17.7 Å². The van der Waals surface area contributed by atoms with Crippen molar-refractivity contribution in [3.8, 4) is 11.8 Å². The molecule has 1 N–H and O–H groups in total. The first-order valence-corrected chi connectivity index (χ1v) is 10.3. The molecule has 0 unspecified atom stereocenters. The molecule has 0 atom stereocenters. The highest BCUT2D eigenvalue weighted by atomic mass is 16.5. The van der Waals surface area contributed by atoms with E-state index in [0.29, 0.717) is 17.2 Å². The third-order valence-corrected chi connectivity index (χ3v) is 5.85. The molecule has 1 aromatic heterocycles. The SMILES string of the molecule is Cc1c(C#N)ccc(OC2CCC(NC(=O)c3ccc(C(C)C)cn3)CC2)c1C. The highest BCUT2D eigenvalue weighted by Crippen LogP contribution is 2.29. The molecule has 5 nitrogen and oxygen atoms in total. The Morgan fingerprint density at radius 3 is 2.45 bits per heavy atom. The molecular formula is C24H29N3O2. The van der Waals surface area contributed by atoms with Gasteiger partial charge < -0.3 is 10.1 Å². The Bertz CT molecular complexity index is 905.